The van der Waals surface area contributed by atoms with Crippen LogP contribution in [0, 0.1) is 6.92 Å². The number of phenolic OH excluding ortho intramolecular Hbond substituents is 1. The largest absolute Gasteiger partial charge is 0.508 e. The highest BCUT2D eigenvalue weighted by atomic mass is 35.5. The number of phenols is 1. The van der Waals surface area contributed by atoms with E-state index in [0.29, 0.717) is 29.2 Å². The predicted octanol–water partition coefficient (Wildman–Crippen LogP) is 5.97. The molecule has 8 nitrogen and oxygen atoms in total. The highest BCUT2D eigenvalue weighted by molar-refractivity contribution is 6.34. The van der Waals surface area contributed by atoms with Crippen LogP contribution in [0.3, 0.4) is 0 Å². The van der Waals surface area contributed by atoms with Crippen molar-refractivity contribution in [3.63, 3.8) is 0 Å². The molecule has 1 atom stereocenters. The van der Waals surface area contributed by atoms with Gasteiger partial charge in [0.25, 0.3) is 5.91 Å². The van der Waals surface area contributed by atoms with Crippen molar-refractivity contribution in [3.8, 4) is 5.75 Å². The predicted molar refractivity (Wildman–Crippen MR) is 146 cm³/mol. The maximum atomic E-state index is 13.7. The van der Waals surface area contributed by atoms with E-state index >= 15 is 0 Å². The number of aryl methyl sites for hydroxylation is 1. The number of aromatic hydroxyl groups is 1. The van der Waals surface area contributed by atoms with Crippen LogP contribution in [-0.2, 0) is 14.3 Å². The van der Waals surface area contributed by atoms with Crippen molar-refractivity contribution in [2.45, 2.75) is 71.9 Å². The number of alkyl carbamates (subject to hydrolysis) is 1. The van der Waals surface area contributed by atoms with Crippen LogP contribution < -0.4 is 10.6 Å². The van der Waals surface area contributed by atoms with Crippen LogP contribution >= 0.6 is 11.6 Å². The van der Waals surface area contributed by atoms with Gasteiger partial charge in [0.1, 0.15) is 23.9 Å². The van der Waals surface area contributed by atoms with E-state index in [2.05, 4.69) is 17.6 Å². The number of carbonyl (C=O) groups excluding carboxylic acids is 3. The lowest BCUT2D eigenvalue weighted by molar-refractivity contribution is -0.138. The summed E-state index contributed by atoms with van der Waals surface area (Å²) in [6.45, 7) is 9.08. The second-order valence-corrected chi connectivity index (χ2v) is 10.3. The summed E-state index contributed by atoms with van der Waals surface area (Å²) < 4.78 is 5.25. The number of rotatable bonds is 11. The van der Waals surface area contributed by atoms with Crippen molar-refractivity contribution >= 4 is 35.2 Å². The fraction of sp³-hybridized carbons (Fsp3) is 0.464. The van der Waals surface area contributed by atoms with Crippen molar-refractivity contribution in [2.75, 3.05) is 18.4 Å². The van der Waals surface area contributed by atoms with Gasteiger partial charge in [0, 0.05) is 6.54 Å². The Kier molecular flexibility index (Phi) is 11.2. The van der Waals surface area contributed by atoms with Gasteiger partial charge in [-0.25, -0.2) is 4.79 Å². The quantitative estimate of drug-likeness (QED) is 0.310. The molecule has 0 radical (unpaired) electrons. The topological polar surface area (TPSA) is 108 Å². The van der Waals surface area contributed by atoms with Crippen molar-refractivity contribution < 1.29 is 24.2 Å². The summed E-state index contributed by atoms with van der Waals surface area (Å²) in [5.41, 5.74) is 1.04. The Morgan fingerprint density at radius 3 is 2.32 bits per heavy atom. The van der Waals surface area contributed by atoms with E-state index in [-0.39, 0.29) is 12.3 Å². The molecule has 2 rings (SSSR count). The number of unbranched alkanes of at least 4 members (excludes halogenated alkanes) is 3. The van der Waals surface area contributed by atoms with Crippen LogP contribution in [-0.4, -0.2) is 46.6 Å². The fourth-order valence-electron chi connectivity index (χ4n) is 3.78. The number of anilines is 1. The third kappa shape index (κ3) is 9.61. The standard InChI is InChI=1S/C28H38ClN3O5/c1-6-7-8-9-17-32(23(34)18-30-27(36)37-28(3,4)5)25(20-13-15-21(33)16-14-20)26(35)31-24-19(2)11-10-12-22(24)29/h10-16,25,33H,6-9,17-18H2,1-5H3,(H,30,36)(H,31,35). The maximum Gasteiger partial charge on any atom is 0.408 e. The molecule has 0 saturated carbocycles. The lowest BCUT2D eigenvalue weighted by Crippen LogP contribution is -2.47. The Morgan fingerprint density at radius 2 is 1.73 bits per heavy atom. The van der Waals surface area contributed by atoms with Gasteiger partial charge in [-0.2, -0.15) is 0 Å². The van der Waals surface area contributed by atoms with Crippen LogP contribution in [0.1, 0.15) is 70.5 Å². The van der Waals surface area contributed by atoms with Gasteiger partial charge in [0.05, 0.1) is 10.7 Å². The number of hydrogen-bond acceptors (Lipinski definition) is 5. The zero-order chi connectivity index (χ0) is 27.6. The second kappa shape index (κ2) is 13.9. The average Bonchev–Trinajstić information content (AvgIpc) is 2.81. The Balaban J connectivity index is 2.39. The van der Waals surface area contributed by atoms with Crippen LogP contribution in [0.25, 0.3) is 0 Å². The minimum absolute atomic E-state index is 0.0391. The maximum absolute atomic E-state index is 13.7. The normalized spacial score (nSPS) is 11.9. The molecule has 0 bridgehead atoms. The van der Waals surface area contributed by atoms with Crippen LogP contribution in [0.4, 0.5) is 10.5 Å². The molecule has 0 fully saturated rings. The molecule has 9 heteroatoms. The molecule has 2 aromatic carbocycles. The summed E-state index contributed by atoms with van der Waals surface area (Å²) in [6, 6.07) is 10.4. The first-order valence-electron chi connectivity index (χ1n) is 12.5. The molecule has 0 aliphatic heterocycles. The van der Waals surface area contributed by atoms with Gasteiger partial charge in [0.15, 0.2) is 0 Å². The van der Waals surface area contributed by atoms with E-state index in [1.54, 1.807) is 45.0 Å². The Hall–Kier alpha value is -3.26. The van der Waals surface area contributed by atoms with E-state index in [0.717, 1.165) is 24.8 Å². The number of hydrogen-bond donors (Lipinski definition) is 3. The summed E-state index contributed by atoms with van der Waals surface area (Å²) in [7, 11) is 0. The van der Waals surface area contributed by atoms with Gasteiger partial charge in [-0.15, -0.1) is 0 Å². The minimum Gasteiger partial charge on any atom is -0.508 e. The number of halogens is 1. The van der Waals surface area contributed by atoms with Gasteiger partial charge in [-0.05, 0) is 63.4 Å². The molecular weight excluding hydrogens is 494 g/mol. The van der Waals surface area contributed by atoms with Crippen molar-refractivity contribution in [3.05, 3.63) is 58.6 Å². The van der Waals surface area contributed by atoms with E-state index in [4.69, 9.17) is 16.3 Å². The average molecular weight is 532 g/mol. The molecule has 2 aromatic rings. The highest BCUT2D eigenvalue weighted by Gasteiger charge is 2.32. The lowest BCUT2D eigenvalue weighted by atomic mass is 10.0. The number of para-hydroxylation sites is 1. The van der Waals surface area contributed by atoms with E-state index in [9.17, 15) is 19.5 Å². The van der Waals surface area contributed by atoms with E-state index in [1.807, 2.05) is 13.0 Å². The monoisotopic (exact) mass is 531 g/mol. The number of carbonyl (C=O) groups is 3. The highest BCUT2D eigenvalue weighted by Crippen LogP contribution is 2.30. The smallest absolute Gasteiger partial charge is 0.408 e. The fourth-order valence-corrected chi connectivity index (χ4v) is 4.05. The molecule has 1 unspecified atom stereocenters. The van der Waals surface area contributed by atoms with Gasteiger partial charge in [-0.3, -0.25) is 9.59 Å². The van der Waals surface area contributed by atoms with Crippen molar-refractivity contribution in [2.24, 2.45) is 0 Å². The molecule has 202 valence electrons. The second-order valence-electron chi connectivity index (χ2n) is 9.92. The van der Waals surface area contributed by atoms with Gasteiger partial charge in [-0.1, -0.05) is 62.1 Å². The zero-order valence-corrected chi connectivity index (χ0v) is 23.0. The van der Waals surface area contributed by atoms with Crippen LogP contribution in [0.2, 0.25) is 5.02 Å². The lowest BCUT2D eigenvalue weighted by Gasteiger charge is -2.32. The molecule has 0 aliphatic rings. The number of nitrogens with one attached hydrogen (secondary N) is 2. The van der Waals surface area contributed by atoms with Gasteiger partial charge < -0.3 is 25.4 Å². The number of amides is 3. The summed E-state index contributed by atoms with van der Waals surface area (Å²) in [5, 5.41) is 15.6. The number of benzene rings is 2. The molecule has 0 aliphatic carbocycles. The first-order chi connectivity index (χ1) is 17.4. The zero-order valence-electron chi connectivity index (χ0n) is 22.3. The Labute approximate surface area is 224 Å². The molecule has 0 saturated heterocycles. The summed E-state index contributed by atoms with van der Waals surface area (Å²) in [5.74, 6) is -0.855. The molecule has 0 aromatic heterocycles. The Morgan fingerprint density at radius 1 is 1.05 bits per heavy atom. The molecule has 3 N–H and O–H groups in total. The first-order valence-corrected chi connectivity index (χ1v) is 12.9. The van der Waals surface area contributed by atoms with Gasteiger partial charge in [0.2, 0.25) is 5.91 Å². The summed E-state index contributed by atoms with van der Waals surface area (Å²) in [6.07, 6.45) is 2.85. The molecule has 37 heavy (non-hydrogen) atoms. The van der Waals surface area contributed by atoms with Gasteiger partial charge >= 0.3 is 6.09 Å². The number of nitrogens with zero attached hydrogens (tertiary/aromatic N) is 1. The van der Waals surface area contributed by atoms with Crippen LogP contribution in [0.5, 0.6) is 5.75 Å². The third-order valence-electron chi connectivity index (χ3n) is 5.59. The third-order valence-corrected chi connectivity index (χ3v) is 5.91. The molecule has 3 amide bonds. The van der Waals surface area contributed by atoms with Crippen molar-refractivity contribution in [1.29, 1.82) is 0 Å². The summed E-state index contributed by atoms with van der Waals surface area (Å²) in [4.78, 5) is 40.8. The minimum atomic E-state index is -1.02. The first kappa shape index (κ1) is 30.0. The molecule has 0 heterocycles. The van der Waals surface area contributed by atoms with Crippen LogP contribution in [0.15, 0.2) is 42.5 Å². The SMILES string of the molecule is CCCCCCN(C(=O)CNC(=O)OC(C)(C)C)C(C(=O)Nc1c(C)cccc1Cl)c1ccc(O)cc1. The summed E-state index contributed by atoms with van der Waals surface area (Å²) >= 11 is 6.35. The number of ether oxygens (including phenoxy) is 1. The van der Waals surface area contributed by atoms with E-state index < -0.39 is 29.6 Å². The Bertz CT molecular complexity index is 1050. The molecule has 0 spiro atoms. The van der Waals surface area contributed by atoms with Crippen molar-refractivity contribution in [1.82, 2.24) is 10.2 Å². The van der Waals surface area contributed by atoms with E-state index in [1.165, 1.54) is 17.0 Å². The molecular formula is C28H38ClN3O5.